The summed E-state index contributed by atoms with van der Waals surface area (Å²) < 4.78 is 57.0. The number of aromatic nitrogens is 8. The molecule has 67 heavy (non-hydrogen) atoms. The minimum absolute atomic E-state index is 0.163. The number of hydrogen-bond acceptors (Lipinski definition) is 12. The molecule has 16 heteroatoms. The van der Waals surface area contributed by atoms with Crippen LogP contribution in [0.15, 0.2) is 169 Å². The predicted molar refractivity (Wildman–Crippen MR) is 257 cm³/mol. The molecule has 0 amide bonds. The Balaban J connectivity index is 0.000000157. The molecular formula is C51H46N10O4S2. The molecule has 3 N–H and O–H groups in total. The molecule has 0 radical (unpaired) electrons. The molecule has 0 saturated heterocycles. The number of pyridine rings is 4. The van der Waals surface area contributed by atoms with Crippen LogP contribution in [0.2, 0.25) is 0 Å². The van der Waals surface area contributed by atoms with Crippen molar-refractivity contribution in [3.63, 3.8) is 0 Å². The number of anilines is 2. The maximum absolute atomic E-state index is 13.8. The molecule has 3 aliphatic rings. The van der Waals surface area contributed by atoms with E-state index >= 15 is 0 Å². The predicted octanol–water partition coefficient (Wildman–Crippen LogP) is 7.70. The Morgan fingerprint density at radius 1 is 0.552 bits per heavy atom. The van der Waals surface area contributed by atoms with Gasteiger partial charge in [-0.3, -0.25) is 19.9 Å². The number of rotatable bonds is 10. The molecule has 2 aromatic carbocycles. The van der Waals surface area contributed by atoms with E-state index in [9.17, 15) is 16.8 Å². The molecule has 11 rings (SSSR count). The molecule has 8 aromatic rings. The highest BCUT2D eigenvalue weighted by molar-refractivity contribution is 7.90. The van der Waals surface area contributed by atoms with Gasteiger partial charge in [0, 0.05) is 90.4 Å². The Labute approximate surface area is 389 Å². The molecule has 1 fully saturated rings. The van der Waals surface area contributed by atoms with Crippen molar-refractivity contribution in [1.82, 2.24) is 38.3 Å². The Morgan fingerprint density at radius 3 is 1.33 bits per heavy atom. The number of nitrogens with zero attached hydrogens (tertiary/aromatic N) is 8. The maximum atomic E-state index is 13.8. The highest BCUT2D eigenvalue weighted by Gasteiger charge is 2.42. The van der Waals surface area contributed by atoms with E-state index < -0.39 is 30.9 Å². The van der Waals surface area contributed by atoms with Crippen LogP contribution in [0.25, 0.3) is 12.2 Å². The summed E-state index contributed by atoms with van der Waals surface area (Å²) in [5.41, 5.74) is 13.2. The molecule has 0 bridgehead atoms. The third-order valence-electron chi connectivity index (χ3n) is 12.7. The van der Waals surface area contributed by atoms with E-state index in [4.69, 9.17) is 5.73 Å². The Kier molecular flexibility index (Phi) is 11.0. The highest BCUT2D eigenvalue weighted by atomic mass is 32.2. The zero-order valence-electron chi connectivity index (χ0n) is 36.7. The van der Waals surface area contributed by atoms with Gasteiger partial charge in [-0.2, -0.15) is 25.0 Å². The third-order valence-corrected chi connectivity index (χ3v) is 15.9. The van der Waals surface area contributed by atoms with Crippen LogP contribution in [0.5, 0.6) is 0 Å². The monoisotopic (exact) mass is 926 g/mol. The SMILES string of the molecule is Cc1ccc(S(=O)(=O)n2nc(N)c3c2CC(c2cccnc2)(c2cccnc2)C=C3)cc1.Cc1ccc(S(=O)(=O)n2nc(NC3CC3)c3c2CC(c2cccnc2)(c2cccnc2)C=C3)cc1. The summed E-state index contributed by atoms with van der Waals surface area (Å²) in [4.78, 5) is 17.7. The number of aryl methyl sites for hydroxylation is 2. The lowest BCUT2D eigenvalue weighted by molar-refractivity contribution is 0.563. The standard InChI is InChI=1S/C27H25N5O2S.C24H21N5O2S/c1-19-6-10-23(11-7-19)35(33,34)32-25-16-27(20-4-2-14-28-17-20,21-5-3-15-29-18-21)13-12-24(25)26(31-32)30-22-8-9-22;1-17-6-8-20(9-7-17)32(30,31)29-22-14-24(18-4-2-12-26-15-18,19-5-3-13-27-16-19)11-10-21(22)23(25)28-29/h2-7,10-15,17-18,22H,8-9,16H2,1H3,(H,30,31);2-13,15-16H,14H2,1H3,(H2,25,28). The van der Waals surface area contributed by atoms with Crippen LogP contribution in [0.4, 0.5) is 11.6 Å². The van der Waals surface area contributed by atoms with Gasteiger partial charge in [0.15, 0.2) is 11.6 Å². The van der Waals surface area contributed by atoms with Gasteiger partial charge in [0.05, 0.1) is 21.2 Å². The van der Waals surface area contributed by atoms with E-state index in [2.05, 4.69) is 41.5 Å². The minimum Gasteiger partial charge on any atom is -0.382 e. The Morgan fingerprint density at radius 2 is 0.940 bits per heavy atom. The molecule has 14 nitrogen and oxygen atoms in total. The van der Waals surface area contributed by atoms with E-state index in [0.29, 0.717) is 41.7 Å². The van der Waals surface area contributed by atoms with Crippen LogP contribution < -0.4 is 11.1 Å². The number of benzene rings is 2. The number of fused-ring (bicyclic) bond motifs is 2. The largest absolute Gasteiger partial charge is 0.382 e. The first-order valence-corrected chi connectivity index (χ1v) is 24.7. The fraction of sp³-hybridized carbons (Fsp3) is 0.176. The lowest BCUT2D eigenvalue weighted by Crippen LogP contribution is -2.33. The molecule has 0 atom stereocenters. The normalized spacial score (nSPS) is 15.7. The van der Waals surface area contributed by atoms with E-state index in [1.54, 1.807) is 73.6 Å². The van der Waals surface area contributed by atoms with Gasteiger partial charge in [0.1, 0.15) is 0 Å². The van der Waals surface area contributed by atoms with E-state index in [1.807, 2.05) is 105 Å². The van der Waals surface area contributed by atoms with Gasteiger partial charge < -0.3 is 11.1 Å². The topological polar surface area (TPSA) is 194 Å². The van der Waals surface area contributed by atoms with Crippen molar-refractivity contribution in [2.75, 3.05) is 11.1 Å². The zero-order valence-corrected chi connectivity index (χ0v) is 38.3. The second-order valence-corrected chi connectivity index (χ2v) is 20.7. The lowest BCUT2D eigenvalue weighted by atomic mass is 9.69. The van der Waals surface area contributed by atoms with Gasteiger partial charge in [-0.05, 0) is 97.5 Å². The van der Waals surface area contributed by atoms with Crippen molar-refractivity contribution in [3.05, 3.63) is 215 Å². The zero-order chi connectivity index (χ0) is 46.4. The average Bonchev–Trinajstić information content (AvgIpc) is 4.03. The summed E-state index contributed by atoms with van der Waals surface area (Å²) >= 11 is 0. The van der Waals surface area contributed by atoms with Crippen molar-refractivity contribution >= 4 is 43.8 Å². The molecule has 1 saturated carbocycles. The Bertz CT molecular complexity index is 3300. The molecule has 0 spiro atoms. The first-order valence-electron chi connectivity index (χ1n) is 21.8. The fourth-order valence-corrected chi connectivity index (χ4v) is 11.5. The smallest absolute Gasteiger partial charge is 0.283 e. The maximum Gasteiger partial charge on any atom is 0.283 e. The Hall–Kier alpha value is -7.56. The summed E-state index contributed by atoms with van der Waals surface area (Å²) in [6.07, 6.45) is 25.0. The summed E-state index contributed by atoms with van der Waals surface area (Å²) in [6.45, 7) is 3.84. The van der Waals surface area contributed by atoms with Gasteiger partial charge in [-0.15, -0.1) is 10.2 Å². The van der Waals surface area contributed by atoms with Gasteiger partial charge in [-0.25, -0.2) is 0 Å². The molecule has 0 aliphatic heterocycles. The highest BCUT2D eigenvalue weighted by Crippen LogP contribution is 2.45. The summed E-state index contributed by atoms with van der Waals surface area (Å²) in [5.74, 6) is 0.790. The van der Waals surface area contributed by atoms with Crippen molar-refractivity contribution in [1.29, 1.82) is 0 Å². The number of nitrogen functional groups attached to an aromatic ring is 1. The second kappa shape index (κ2) is 17.0. The van der Waals surface area contributed by atoms with Crippen LogP contribution in [0.1, 0.15) is 68.7 Å². The lowest BCUT2D eigenvalue weighted by Gasteiger charge is -2.34. The minimum atomic E-state index is -3.93. The van der Waals surface area contributed by atoms with Crippen molar-refractivity contribution in [2.45, 2.75) is 66.2 Å². The molecule has 6 heterocycles. The number of nitrogens with one attached hydrogen (secondary N) is 1. The van der Waals surface area contributed by atoms with Crippen molar-refractivity contribution in [2.24, 2.45) is 0 Å². The number of allylic oxidation sites excluding steroid dienone is 2. The quantitative estimate of drug-likeness (QED) is 0.136. The fourth-order valence-electron chi connectivity index (χ4n) is 8.87. The first-order chi connectivity index (χ1) is 32.4. The van der Waals surface area contributed by atoms with Crippen LogP contribution in [-0.4, -0.2) is 61.2 Å². The van der Waals surface area contributed by atoms with Crippen LogP contribution in [-0.2, 0) is 43.7 Å². The average molecular weight is 927 g/mol. The molecule has 336 valence electrons. The second-order valence-electron chi connectivity index (χ2n) is 17.1. The molecule has 6 aromatic heterocycles. The number of nitrogens with two attached hydrogens (primary N) is 1. The van der Waals surface area contributed by atoms with E-state index in [1.165, 1.54) is 4.09 Å². The molecule has 3 aliphatic carbocycles. The van der Waals surface area contributed by atoms with Gasteiger partial charge in [-0.1, -0.05) is 84.0 Å². The van der Waals surface area contributed by atoms with Gasteiger partial charge in [0.2, 0.25) is 0 Å². The molecule has 0 unspecified atom stereocenters. The number of hydrogen-bond donors (Lipinski definition) is 2. The third kappa shape index (κ3) is 7.91. The van der Waals surface area contributed by atoms with Crippen LogP contribution >= 0.6 is 0 Å². The first kappa shape index (κ1) is 43.3. The van der Waals surface area contributed by atoms with Crippen LogP contribution in [0, 0.1) is 13.8 Å². The van der Waals surface area contributed by atoms with E-state index in [0.717, 1.165) is 55.9 Å². The van der Waals surface area contributed by atoms with Gasteiger partial charge >= 0.3 is 0 Å². The van der Waals surface area contributed by atoms with E-state index in [-0.39, 0.29) is 15.6 Å². The summed E-state index contributed by atoms with van der Waals surface area (Å²) in [7, 11) is -7.84. The van der Waals surface area contributed by atoms with Gasteiger partial charge in [0.25, 0.3) is 20.0 Å². The molecular weight excluding hydrogens is 881 g/mol. The summed E-state index contributed by atoms with van der Waals surface area (Å²) in [5, 5.41) is 12.3. The summed E-state index contributed by atoms with van der Waals surface area (Å²) in [6, 6.07) is 29.5. The van der Waals surface area contributed by atoms with Crippen molar-refractivity contribution in [3.8, 4) is 0 Å². The van der Waals surface area contributed by atoms with Crippen LogP contribution in [0.3, 0.4) is 0 Å². The van der Waals surface area contributed by atoms with Crippen molar-refractivity contribution < 1.29 is 16.8 Å².